The summed E-state index contributed by atoms with van der Waals surface area (Å²) in [5.41, 5.74) is 0. The first-order valence-corrected chi connectivity index (χ1v) is 5.06. The van der Waals surface area contributed by atoms with Crippen LogP contribution in [0, 0.1) is 0 Å². The summed E-state index contributed by atoms with van der Waals surface area (Å²) in [7, 11) is -4.62. The van der Waals surface area contributed by atoms with E-state index >= 15 is 0 Å². The maximum atomic E-state index is 10.1. The molecule has 0 aromatic carbocycles. The van der Waals surface area contributed by atoms with Crippen molar-refractivity contribution in [3.8, 4) is 0 Å². The molecular formula is C5H11O8P. The van der Waals surface area contributed by atoms with Crippen LogP contribution in [0.25, 0.3) is 0 Å². The lowest BCUT2D eigenvalue weighted by Crippen LogP contribution is -2.34. The molecule has 0 aromatic heterocycles. The number of hydrogen-bond acceptors (Lipinski definition) is 5. The summed E-state index contributed by atoms with van der Waals surface area (Å²) in [6, 6.07) is 0. The summed E-state index contributed by atoms with van der Waals surface area (Å²) in [5.74, 6) is -1.62. The maximum Gasteiger partial charge on any atom is 0.469 e. The molecule has 0 bridgehead atoms. The fourth-order valence-corrected chi connectivity index (χ4v) is 0.958. The molecule has 14 heavy (non-hydrogen) atoms. The number of rotatable bonds is 6. The van der Waals surface area contributed by atoms with Gasteiger partial charge in [0.05, 0.1) is 12.7 Å². The van der Waals surface area contributed by atoms with Crippen molar-refractivity contribution in [1.29, 1.82) is 0 Å². The van der Waals surface area contributed by atoms with Crippen molar-refractivity contribution in [3.05, 3.63) is 0 Å². The van der Waals surface area contributed by atoms with E-state index in [9.17, 15) is 9.36 Å². The molecule has 0 heterocycles. The molecule has 2 unspecified atom stereocenters. The Morgan fingerprint density at radius 1 is 1.36 bits per heavy atom. The fourth-order valence-electron chi connectivity index (χ4n) is 0.615. The van der Waals surface area contributed by atoms with Crippen LogP contribution in [0.4, 0.5) is 0 Å². The van der Waals surface area contributed by atoms with Gasteiger partial charge in [0.2, 0.25) is 0 Å². The zero-order chi connectivity index (χ0) is 11.4. The van der Waals surface area contributed by atoms with E-state index in [1.165, 1.54) is 0 Å². The van der Waals surface area contributed by atoms with Crippen LogP contribution in [0.15, 0.2) is 0 Å². The molecule has 0 amide bonds. The number of carboxylic acid groups (broad SMARTS) is 1. The number of aliphatic hydroxyl groups is 2. The average Bonchev–Trinajstić information content (AvgIpc) is 2.00. The third-order valence-corrected chi connectivity index (χ3v) is 1.81. The minimum atomic E-state index is -4.62. The molecule has 0 aliphatic heterocycles. The molecule has 0 saturated heterocycles. The molecule has 0 aliphatic rings. The molecule has 0 spiro atoms. The molecule has 0 rings (SSSR count). The molecule has 9 heteroatoms. The monoisotopic (exact) mass is 230 g/mol. The zero-order valence-electron chi connectivity index (χ0n) is 6.98. The Morgan fingerprint density at radius 2 is 1.86 bits per heavy atom. The van der Waals surface area contributed by atoms with Crippen molar-refractivity contribution in [3.63, 3.8) is 0 Å². The van der Waals surface area contributed by atoms with Crippen LogP contribution in [0.1, 0.15) is 6.42 Å². The molecular weight excluding hydrogens is 219 g/mol. The van der Waals surface area contributed by atoms with Gasteiger partial charge in [-0.05, 0) is 0 Å². The topological polar surface area (TPSA) is 145 Å². The summed E-state index contributed by atoms with van der Waals surface area (Å²) >= 11 is 0. The highest BCUT2D eigenvalue weighted by Gasteiger charge is 2.24. The van der Waals surface area contributed by atoms with E-state index in [4.69, 9.17) is 25.1 Å². The number of phosphoric acid groups is 1. The van der Waals surface area contributed by atoms with Gasteiger partial charge in [0.15, 0.2) is 6.10 Å². The Morgan fingerprint density at radius 3 is 2.21 bits per heavy atom. The number of hydrogen-bond donors (Lipinski definition) is 5. The van der Waals surface area contributed by atoms with Gasteiger partial charge in [-0.3, -0.25) is 4.52 Å². The van der Waals surface area contributed by atoms with Gasteiger partial charge >= 0.3 is 13.8 Å². The third kappa shape index (κ3) is 6.03. The SMILES string of the molecule is O=C(O)C(O)C(O)CCOP(=O)(O)O. The zero-order valence-corrected chi connectivity index (χ0v) is 7.87. The van der Waals surface area contributed by atoms with Crippen LogP contribution >= 0.6 is 7.82 Å². The highest BCUT2D eigenvalue weighted by atomic mass is 31.2. The van der Waals surface area contributed by atoms with Crippen LogP contribution in [0.5, 0.6) is 0 Å². The summed E-state index contributed by atoms with van der Waals surface area (Å²) in [4.78, 5) is 26.5. The smallest absolute Gasteiger partial charge is 0.469 e. The van der Waals surface area contributed by atoms with Gasteiger partial charge in [0.25, 0.3) is 0 Å². The largest absolute Gasteiger partial charge is 0.479 e. The first kappa shape index (κ1) is 13.5. The minimum Gasteiger partial charge on any atom is -0.479 e. The summed E-state index contributed by atoms with van der Waals surface area (Å²) in [5, 5.41) is 25.9. The van der Waals surface area contributed by atoms with E-state index < -0.39 is 39.0 Å². The summed E-state index contributed by atoms with van der Waals surface area (Å²) in [6.07, 6.45) is -4.01. The molecule has 2 atom stereocenters. The second-order valence-electron chi connectivity index (χ2n) is 2.46. The standard InChI is InChI=1S/C5H11O8P/c6-3(4(7)5(8)9)1-2-13-14(10,11)12/h3-4,6-7H,1-2H2,(H,8,9)(H2,10,11,12). The van der Waals surface area contributed by atoms with E-state index in [1.54, 1.807) is 0 Å². The minimum absolute atomic E-state index is 0.390. The Hall–Kier alpha value is -0.500. The van der Waals surface area contributed by atoms with Gasteiger partial charge in [0.1, 0.15) is 0 Å². The second kappa shape index (κ2) is 5.40. The molecule has 0 aromatic rings. The summed E-state index contributed by atoms with van der Waals surface area (Å²) < 4.78 is 14.1. The van der Waals surface area contributed by atoms with Crippen LogP contribution in [0.3, 0.4) is 0 Å². The number of carboxylic acids is 1. The molecule has 0 radical (unpaired) electrons. The van der Waals surface area contributed by atoms with E-state index in [0.29, 0.717) is 0 Å². The van der Waals surface area contributed by atoms with Gasteiger partial charge in [-0.2, -0.15) is 0 Å². The van der Waals surface area contributed by atoms with Crippen LogP contribution in [-0.2, 0) is 13.9 Å². The molecule has 8 nitrogen and oxygen atoms in total. The Labute approximate surface area is 79.0 Å². The molecule has 5 N–H and O–H groups in total. The Balaban J connectivity index is 3.80. The first-order chi connectivity index (χ1) is 6.24. The molecule has 0 fully saturated rings. The lowest BCUT2D eigenvalue weighted by molar-refractivity contribution is -0.153. The van der Waals surface area contributed by atoms with Crippen LogP contribution < -0.4 is 0 Å². The van der Waals surface area contributed by atoms with Crippen molar-refractivity contribution in [1.82, 2.24) is 0 Å². The van der Waals surface area contributed by atoms with E-state index in [2.05, 4.69) is 4.52 Å². The van der Waals surface area contributed by atoms with Crippen molar-refractivity contribution >= 4 is 13.8 Å². The molecule has 84 valence electrons. The van der Waals surface area contributed by atoms with Gasteiger partial charge in [-0.15, -0.1) is 0 Å². The van der Waals surface area contributed by atoms with Gasteiger partial charge in [-0.1, -0.05) is 0 Å². The number of phosphoric ester groups is 1. The molecule has 0 saturated carbocycles. The first-order valence-electron chi connectivity index (χ1n) is 3.53. The quantitative estimate of drug-likeness (QED) is 0.339. The van der Waals surface area contributed by atoms with Crippen molar-refractivity contribution in [2.75, 3.05) is 6.61 Å². The summed E-state index contributed by atoms with van der Waals surface area (Å²) in [6.45, 7) is -0.546. The van der Waals surface area contributed by atoms with Crippen molar-refractivity contribution < 1.29 is 39.0 Å². The highest BCUT2D eigenvalue weighted by molar-refractivity contribution is 7.46. The fraction of sp³-hybridized carbons (Fsp3) is 0.800. The van der Waals surface area contributed by atoms with Crippen molar-refractivity contribution in [2.24, 2.45) is 0 Å². The Bertz CT molecular complexity index is 234. The molecule has 0 aliphatic carbocycles. The normalized spacial score (nSPS) is 16.3. The number of carbonyl (C=O) groups is 1. The number of aliphatic hydroxyl groups excluding tert-OH is 2. The van der Waals surface area contributed by atoms with Gasteiger partial charge in [0, 0.05) is 6.42 Å². The third-order valence-electron chi connectivity index (χ3n) is 1.29. The maximum absolute atomic E-state index is 10.1. The predicted molar refractivity (Wildman–Crippen MR) is 42.3 cm³/mol. The van der Waals surface area contributed by atoms with Gasteiger partial charge in [-0.25, -0.2) is 9.36 Å². The number of aliphatic carboxylic acids is 1. The lowest BCUT2D eigenvalue weighted by Gasteiger charge is -2.13. The highest BCUT2D eigenvalue weighted by Crippen LogP contribution is 2.35. The second-order valence-corrected chi connectivity index (χ2v) is 3.70. The van der Waals surface area contributed by atoms with Gasteiger partial charge < -0.3 is 25.1 Å². The predicted octanol–water partition coefficient (Wildman–Crippen LogP) is -1.71. The van der Waals surface area contributed by atoms with Crippen LogP contribution in [-0.4, -0.2) is 49.9 Å². The lowest BCUT2D eigenvalue weighted by atomic mass is 10.1. The van der Waals surface area contributed by atoms with E-state index in [1.807, 2.05) is 0 Å². The Kier molecular flexibility index (Phi) is 5.21. The van der Waals surface area contributed by atoms with Crippen molar-refractivity contribution in [2.45, 2.75) is 18.6 Å². The van der Waals surface area contributed by atoms with E-state index in [0.717, 1.165) is 0 Å². The van der Waals surface area contributed by atoms with E-state index in [-0.39, 0.29) is 0 Å². The van der Waals surface area contributed by atoms with Crippen LogP contribution in [0.2, 0.25) is 0 Å². The average molecular weight is 230 g/mol.